The second-order valence-electron chi connectivity index (χ2n) is 3.95. The van der Waals surface area contributed by atoms with Gasteiger partial charge in [0.05, 0.1) is 24.2 Å². The maximum absolute atomic E-state index is 11.9. The van der Waals surface area contributed by atoms with E-state index in [9.17, 15) is 13.2 Å². The van der Waals surface area contributed by atoms with E-state index in [1.54, 1.807) is 12.1 Å². The molecule has 0 aliphatic rings. The first-order valence-corrected chi connectivity index (χ1v) is 8.81. The van der Waals surface area contributed by atoms with Gasteiger partial charge in [-0.1, -0.05) is 15.9 Å². The van der Waals surface area contributed by atoms with Gasteiger partial charge in [0.2, 0.25) is 10.0 Å². The van der Waals surface area contributed by atoms with Crippen molar-refractivity contribution in [1.82, 2.24) is 0 Å². The third kappa shape index (κ3) is 5.29. The summed E-state index contributed by atoms with van der Waals surface area (Å²) in [5.41, 5.74) is 6.34. The van der Waals surface area contributed by atoms with E-state index in [1.165, 1.54) is 7.11 Å². The number of carbonyl (C=O) groups is 1. The highest BCUT2D eigenvalue weighted by Gasteiger charge is 2.16. The average Bonchev–Trinajstić information content (AvgIpc) is 2.33. The fraction of sp³-hybridized carbons (Fsp3) is 0.364. The third-order valence-electron chi connectivity index (χ3n) is 2.36. The second-order valence-corrected chi connectivity index (χ2v) is 7.56. The SMILES string of the molecule is COC(=O)CCCS(=O)(=O)Nc1c(N)cc(Br)cc1Br. The lowest BCUT2D eigenvalue weighted by atomic mass is 10.3. The van der Waals surface area contributed by atoms with Gasteiger partial charge in [-0.3, -0.25) is 9.52 Å². The van der Waals surface area contributed by atoms with Gasteiger partial charge in [-0.05, 0) is 34.5 Å². The maximum Gasteiger partial charge on any atom is 0.305 e. The molecule has 20 heavy (non-hydrogen) atoms. The monoisotopic (exact) mass is 428 g/mol. The molecule has 0 bridgehead atoms. The van der Waals surface area contributed by atoms with Crippen molar-refractivity contribution >= 4 is 59.2 Å². The largest absolute Gasteiger partial charge is 0.469 e. The number of anilines is 2. The van der Waals surface area contributed by atoms with Crippen LogP contribution >= 0.6 is 31.9 Å². The molecule has 1 rings (SSSR count). The van der Waals surface area contributed by atoms with Crippen LogP contribution < -0.4 is 10.5 Å². The number of esters is 1. The molecular weight excluding hydrogens is 416 g/mol. The number of halogens is 2. The molecule has 0 aliphatic carbocycles. The minimum atomic E-state index is -3.58. The molecule has 0 radical (unpaired) electrons. The molecule has 0 atom stereocenters. The van der Waals surface area contributed by atoms with Crippen LogP contribution in [0, 0.1) is 0 Å². The van der Waals surface area contributed by atoms with Crippen molar-refractivity contribution in [1.29, 1.82) is 0 Å². The van der Waals surface area contributed by atoms with Crippen LogP contribution in [0.15, 0.2) is 21.1 Å². The summed E-state index contributed by atoms with van der Waals surface area (Å²) in [6.45, 7) is 0. The molecular formula is C11H14Br2N2O4S. The van der Waals surface area contributed by atoms with E-state index in [0.717, 1.165) is 4.47 Å². The van der Waals surface area contributed by atoms with Crippen LogP contribution in [0.3, 0.4) is 0 Å². The topological polar surface area (TPSA) is 98.5 Å². The van der Waals surface area contributed by atoms with E-state index in [2.05, 4.69) is 41.3 Å². The molecule has 1 aromatic rings. The quantitative estimate of drug-likeness (QED) is 0.534. The van der Waals surface area contributed by atoms with Crippen molar-refractivity contribution in [3.8, 4) is 0 Å². The molecule has 0 aromatic heterocycles. The highest BCUT2D eigenvalue weighted by Crippen LogP contribution is 2.33. The lowest BCUT2D eigenvalue weighted by Crippen LogP contribution is -2.18. The Morgan fingerprint density at radius 3 is 2.60 bits per heavy atom. The standard InChI is InChI=1S/C11H14Br2N2O4S/c1-19-10(16)3-2-4-20(17,18)15-11-8(13)5-7(12)6-9(11)14/h5-6,15H,2-4,14H2,1H3. The van der Waals surface area contributed by atoms with Crippen LogP contribution in [-0.2, 0) is 19.6 Å². The third-order valence-corrected chi connectivity index (χ3v) is 4.79. The Morgan fingerprint density at radius 2 is 2.05 bits per heavy atom. The summed E-state index contributed by atoms with van der Waals surface area (Å²) in [4.78, 5) is 10.9. The highest BCUT2D eigenvalue weighted by molar-refractivity contribution is 9.11. The van der Waals surface area contributed by atoms with Crippen LogP contribution in [0.5, 0.6) is 0 Å². The van der Waals surface area contributed by atoms with E-state index in [-0.39, 0.29) is 24.3 Å². The Bertz CT molecular complexity index is 581. The number of rotatable bonds is 6. The van der Waals surface area contributed by atoms with Gasteiger partial charge >= 0.3 is 5.97 Å². The number of ether oxygens (including phenoxy) is 1. The van der Waals surface area contributed by atoms with Crippen molar-refractivity contribution in [3.63, 3.8) is 0 Å². The molecule has 0 saturated carbocycles. The Morgan fingerprint density at radius 1 is 1.40 bits per heavy atom. The van der Waals surface area contributed by atoms with Gasteiger partial charge < -0.3 is 10.5 Å². The lowest BCUT2D eigenvalue weighted by Gasteiger charge is -2.12. The molecule has 9 heteroatoms. The van der Waals surface area contributed by atoms with E-state index in [4.69, 9.17) is 5.73 Å². The molecule has 0 unspecified atom stereocenters. The lowest BCUT2D eigenvalue weighted by molar-refractivity contribution is -0.140. The fourth-order valence-corrected chi connectivity index (χ4v) is 4.07. The van der Waals surface area contributed by atoms with Gasteiger partial charge in [0, 0.05) is 15.4 Å². The first-order chi connectivity index (χ1) is 9.25. The second kappa shape index (κ2) is 7.28. The van der Waals surface area contributed by atoms with E-state index >= 15 is 0 Å². The number of nitrogens with one attached hydrogen (secondary N) is 1. The highest BCUT2D eigenvalue weighted by atomic mass is 79.9. The molecule has 3 N–H and O–H groups in total. The van der Waals surface area contributed by atoms with Crippen molar-refractivity contribution in [2.75, 3.05) is 23.3 Å². The number of benzene rings is 1. The van der Waals surface area contributed by atoms with Crippen LogP contribution in [0.2, 0.25) is 0 Å². The first kappa shape index (κ1) is 17.3. The normalized spacial score (nSPS) is 11.2. The number of hydrogen-bond acceptors (Lipinski definition) is 5. The number of carbonyl (C=O) groups excluding carboxylic acids is 1. The van der Waals surface area contributed by atoms with E-state index < -0.39 is 16.0 Å². The Balaban J connectivity index is 2.74. The zero-order valence-corrected chi connectivity index (χ0v) is 14.6. The van der Waals surface area contributed by atoms with Crippen LogP contribution in [0.25, 0.3) is 0 Å². The van der Waals surface area contributed by atoms with Crippen LogP contribution in [-0.4, -0.2) is 27.2 Å². The molecule has 0 amide bonds. The molecule has 0 aliphatic heterocycles. The summed E-state index contributed by atoms with van der Waals surface area (Å²) in [5, 5.41) is 0. The summed E-state index contributed by atoms with van der Waals surface area (Å²) in [7, 11) is -2.32. The molecule has 0 spiro atoms. The predicted molar refractivity (Wildman–Crippen MR) is 84.9 cm³/mol. The van der Waals surface area contributed by atoms with Crippen molar-refractivity contribution in [2.45, 2.75) is 12.8 Å². The van der Waals surface area contributed by atoms with E-state index in [1.807, 2.05) is 0 Å². The minimum absolute atomic E-state index is 0.0500. The molecule has 0 saturated heterocycles. The Hall–Kier alpha value is -0.800. The average molecular weight is 430 g/mol. The Labute approximate surface area is 134 Å². The van der Waals surface area contributed by atoms with Crippen molar-refractivity contribution < 1.29 is 17.9 Å². The van der Waals surface area contributed by atoms with Crippen molar-refractivity contribution in [3.05, 3.63) is 21.1 Å². The van der Waals surface area contributed by atoms with E-state index in [0.29, 0.717) is 10.2 Å². The number of methoxy groups -OCH3 is 1. The van der Waals surface area contributed by atoms with Gasteiger partial charge in [-0.25, -0.2) is 8.42 Å². The predicted octanol–water partition coefficient (Wildman–Crippen LogP) is 2.49. The Kier molecular flexibility index (Phi) is 6.28. The van der Waals surface area contributed by atoms with Gasteiger partial charge in [-0.2, -0.15) is 0 Å². The summed E-state index contributed by atoms with van der Waals surface area (Å²) in [6, 6.07) is 3.28. The summed E-state index contributed by atoms with van der Waals surface area (Å²) < 4.78 is 31.9. The zero-order chi connectivity index (χ0) is 15.3. The number of hydrogen-bond donors (Lipinski definition) is 2. The number of sulfonamides is 1. The molecule has 112 valence electrons. The van der Waals surface area contributed by atoms with Crippen LogP contribution in [0.4, 0.5) is 11.4 Å². The number of nitrogen functional groups attached to an aromatic ring is 1. The van der Waals surface area contributed by atoms with Crippen LogP contribution in [0.1, 0.15) is 12.8 Å². The number of nitrogens with two attached hydrogens (primary N) is 1. The zero-order valence-electron chi connectivity index (χ0n) is 10.7. The maximum atomic E-state index is 11.9. The molecule has 0 heterocycles. The smallest absolute Gasteiger partial charge is 0.305 e. The van der Waals surface area contributed by atoms with Gasteiger partial charge in [0.1, 0.15) is 0 Å². The first-order valence-electron chi connectivity index (χ1n) is 5.57. The molecule has 6 nitrogen and oxygen atoms in total. The van der Waals surface area contributed by atoms with Gasteiger partial charge in [0.15, 0.2) is 0 Å². The van der Waals surface area contributed by atoms with Gasteiger partial charge in [0.25, 0.3) is 0 Å². The summed E-state index contributed by atoms with van der Waals surface area (Å²) in [5.74, 6) is -0.631. The van der Waals surface area contributed by atoms with Gasteiger partial charge in [-0.15, -0.1) is 0 Å². The molecule has 1 aromatic carbocycles. The minimum Gasteiger partial charge on any atom is -0.469 e. The molecule has 0 fully saturated rings. The van der Waals surface area contributed by atoms with Crippen molar-refractivity contribution in [2.24, 2.45) is 0 Å². The summed E-state index contributed by atoms with van der Waals surface area (Å²) >= 11 is 6.50. The fourth-order valence-electron chi connectivity index (χ4n) is 1.42. The summed E-state index contributed by atoms with van der Waals surface area (Å²) in [6.07, 6.45) is 0.227.